The molecule has 0 spiro atoms. The summed E-state index contributed by atoms with van der Waals surface area (Å²) in [6.45, 7) is 3.81. The van der Waals surface area contributed by atoms with Gasteiger partial charge in [-0.1, -0.05) is 0 Å². The van der Waals surface area contributed by atoms with Gasteiger partial charge in [0.25, 0.3) is 0 Å². The fourth-order valence-electron chi connectivity index (χ4n) is 1.52. The fourth-order valence-corrected chi connectivity index (χ4v) is 2.26. The molecule has 0 unspecified atom stereocenters. The maximum atomic E-state index is 4.40. The molecule has 0 atom stereocenters. The lowest BCUT2D eigenvalue weighted by molar-refractivity contribution is 0.652. The molecule has 0 aliphatic carbocycles. The van der Waals surface area contributed by atoms with E-state index in [1.54, 1.807) is 11.3 Å². The third-order valence-electron chi connectivity index (χ3n) is 2.39. The Morgan fingerprint density at radius 1 is 1.50 bits per heavy atom. The lowest BCUT2D eigenvalue weighted by Crippen LogP contribution is -2.18. The van der Waals surface area contributed by atoms with Crippen LogP contribution in [-0.4, -0.2) is 21.1 Å². The van der Waals surface area contributed by atoms with Gasteiger partial charge in [0.15, 0.2) is 0 Å². The summed E-state index contributed by atoms with van der Waals surface area (Å²) in [5.74, 6) is 1.11. The molecule has 0 radical (unpaired) electrons. The lowest BCUT2D eigenvalue weighted by Gasteiger charge is -2.02. The van der Waals surface area contributed by atoms with E-state index in [4.69, 9.17) is 0 Å². The Hall–Kier alpha value is -1.20. The molecule has 0 fully saturated rings. The molecule has 0 aromatic carbocycles. The van der Waals surface area contributed by atoms with Crippen LogP contribution in [0.25, 0.3) is 0 Å². The van der Waals surface area contributed by atoms with Gasteiger partial charge < -0.3 is 9.88 Å². The average molecular weight is 236 g/mol. The molecule has 2 aromatic rings. The Morgan fingerprint density at radius 3 is 3.00 bits per heavy atom. The van der Waals surface area contributed by atoms with E-state index in [0.29, 0.717) is 0 Å². The zero-order valence-corrected chi connectivity index (χ0v) is 10.4. The Bertz CT molecular complexity index is 446. The molecule has 0 saturated carbocycles. The van der Waals surface area contributed by atoms with E-state index in [1.165, 1.54) is 0 Å². The molecule has 5 heteroatoms. The average Bonchev–Trinajstić information content (AvgIpc) is 2.83. The number of imidazole rings is 1. The molecule has 2 rings (SSSR count). The largest absolute Gasteiger partial charge is 0.338 e. The summed E-state index contributed by atoms with van der Waals surface area (Å²) in [7, 11) is 2.02. The van der Waals surface area contributed by atoms with Crippen LogP contribution in [0.15, 0.2) is 17.8 Å². The van der Waals surface area contributed by atoms with Crippen molar-refractivity contribution in [2.75, 3.05) is 6.54 Å². The van der Waals surface area contributed by atoms with Crippen molar-refractivity contribution in [3.05, 3.63) is 34.3 Å². The molecule has 86 valence electrons. The molecule has 0 aliphatic heterocycles. The third kappa shape index (κ3) is 2.90. The van der Waals surface area contributed by atoms with Crippen LogP contribution in [0.2, 0.25) is 0 Å². The summed E-state index contributed by atoms with van der Waals surface area (Å²) in [6, 6.07) is 0. The number of rotatable bonds is 5. The second-order valence-corrected chi connectivity index (χ2v) is 4.71. The first-order valence-corrected chi connectivity index (χ1v) is 6.21. The number of aryl methyl sites for hydroxylation is 2. The topological polar surface area (TPSA) is 42.7 Å². The summed E-state index contributed by atoms with van der Waals surface area (Å²) >= 11 is 1.71. The predicted molar refractivity (Wildman–Crippen MR) is 65.5 cm³/mol. The number of hydrogen-bond donors (Lipinski definition) is 1. The summed E-state index contributed by atoms with van der Waals surface area (Å²) < 4.78 is 2.05. The monoisotopic (exact) mass is 236 g/mol. The molecule has 0 aliphatic rings. The minimum absolute atomic E-state index is 0.850. The Morgan fingerprint density at radius 2 is 2.38 bits per heavy atom. The van der Waals surface area contributed by atoms with E-state index in [2.05, 4.69) is 25.2 Å². The summed E-state index contributed by atoms with van der Waals surface area (Å²) in [4.78, 5) is 8.67. The van der Waals surface area contributed by atoms with E-state index in [0.717, 1.165) is 36.0 Å². The van der Waals surface area contributed by atoms with Gasteiger partial charge in [0.05, 0.1) is 0 Å². The van der Waals surface area contributed by atoms with Gasteiger partial charge in [0.2, 0.25) is 0 Å². The standard InChI is InChI=1S/C11H16N4S/c1-9-8-16-11(14-9)7-12-4-3-10-13-5-6-15(10)2/h5-6,8,12H,3-4,7H2,1-2H3. The quantitative estimate of drug-likeness (QED) is 0.800. The normalized spacial score (nSPS) is 10.9. The molecular weight excluding hydrogens is 220 g/mol. The zero-order chi connectivity index (χ0) is 11.4. The molecule has 1 N–H and O–H groups in total. The van der Waals surface area contributed by atoms with Crippen molar-refractivity contribution >= 4 is 11.3 Å². The van der Waals surface area contributed by atoms with E-state index in [9.17, 15) is 0 Å². The molecule has 2 heterocycles. The van der Waals surface area contributed by atoms with Crippen molar-refractivity contribution in [3.63, 3.8) is 0 Å². The first-order chi connectivity index (χ1) is 7.75. The first-order valence-electron chi connectivity index (χ1n) is 5.33. The third-order valence-corrected chi connectivity index (χ3v) is 3.36. The first kappa shape index (κ1) is 11.3. The molecule has 0 saturated heterocycles. The zero-order valence-electron chi connectivity index (χ0n) is 9.60. The van der Waals surface area contributed by atoms with Crippen molar-refractivity contribution in [3.8, 4) is 0 Å². The van der Waals surface area contributed by atoms with Gasteiger partial charge in [0.1, 0.15) is 10.8 Å². The van der Waals surface area contributed by atoms with Gasteiger partial charge in [-0.15, -0.1) is 11.3 Å². The molecular formula is C11H16N4S. The van der Waals surface area contributed by atoms with Crippen LogP contribution in [0.3, 0.4) is 0 Å². The van der Waals surface area contributed by atoms with Crippen LogP contribution < -0.4 is 5.32 Å². The number of aromatic nitrogens is 3. The Kier molecular flexibility index (Phi) is 3.69. The molecule has 0 bridgehead atoms. The Balaban J connectivity index is 1.71. The van der Waals surface area contributed by atoms with Crippen LogP contribution in [0.1, 0.15) is 16.5 Å². The minimum Gasteiger partial charge on any atom is -0.338 e. The maximum Gasteiger partial charge on any atom is 0.109 e. The highest BCUT2D eigenvalue weighted by Crippen LogP contribution is 2.07. The van der Waals surface area contributed by atoms with Gasteiger partial charge >= 0.3 is 0 Å². The molecule has 4 nitrogen and oxygen atoms in total. The SMILES string of the molecule is Cc1csc(CNCCc2nccn2C)n1. The molecule has 16 heavy (non-hydrogen) atoms. The lowest BCUT2D eigenvalue weighted by atomic mass is 10.4. The van der Waals surface area contributed by atoms with Crippen molar-refractivity contribution in [1.82, 2.24) is 19.9 Å². The van der Waals surface area contributed by atoms with Gasteiger partial charge in [-0.25, -0.2) is 9.97 Å². The highest BCUT2D eigenvalue weighted by atomic mass is 32.1. The highest BCUT2D eigenvalue weighted by molar-refractivity contribution is 7.09. The van der Waals surface area contributed by atoms with Crippen molar-refractivity contribution in [2.24, 2.45) is 7.05 Å². The summed E-state index contributed by atoms with van der Waals surface area (Å²) in [5.41, 5.74) is 1.10. The fraction of sp³-hybridized carbons (Fsp3) is 0.455. The van der Waals surface area contributed by atoms with E-state index in [1.807, 2.05) is 26.4 Å². The minimum atomic E-state index is 0.850. The van der Waals surface area contributed by atoms with Crippen LogP contribution >= 0.6 is 11.3 Å². The number of nitrogens with one attached hydrogen (secondary N) is 1. The summed E-state index contributed by atoms with van der Waals surface area (Å²) in [6.07, 6.45) is 4.76. The van der Waals surface area contributed by atoms with Gasteiger partial charge in [-0.3, -0.25) is 0 Å². The van der Waals surface area contributed by atoms with Crippen LogP contribution in [0.4, 0.5) is 0 Å². The van der Waals surface area contributed by atoms with Crippen molar-refractivity contribution in [2.45, 2.75) is 19.9 Å². The second kappa shape index (κ2) is 5.23. The smallest absolute Gasteiger partial charge is 0.109 e. The number of hydrogen-bond acceptors (Lipinski definition) is 4. The van der Waals surface area contributed by atoms with Gasteiger partial charge in [-0.2, -0.15) is 0 Å². The summed E-state index contributed by atoms with van der Waals surface area (Å²) in [5, 5.41) is 6.60. The van der Waals surface area contributed by atoms with Gasteiger partial charge in [-0.05, 0) is 6.92 Å². The van der Waals surface area contributed by atoms with Gasteiger partial charge in [0, 0.05) is 50.0 Å². The van der Waals surface area contributed by atoms with E-state index >= 15 is 0 Å². The maximum absolute atomic E-state index is 4.40. The molecule has 2 aromatic heterocycles. The van der Waals surface area contributed by atoms with E-state index in [-0.39, 0.29) is 0 Å². The van der Waals surface area contributed by atoms with Crippen LogP contribution in [0, 0.1) is 6.92 Å². The van der Waals surface area contributed by atoms with Crippen molar-refractivity contribution in [1.29, 1.82) is 0 Å². The van der Waals surface area contributed by atoms with Crippen molar-refractivity contribution < 1.29 is 0 Å². The predicted octanol–water partition coefficient (Wildman–Crippen LogP) is 1.52. The van der Waals surface area contributed by atoms with Crippen LogP contribution in [0.5, 0.6) is 0 Å². The number of nitrogens with zero attached hydrogens (tertiary/aromatic N) is 3. The second-order valence-electron chi connectivity index (χ2n) is 3.76. The Labute approximate surface area is 99.4 Å². The van der Waals surface area contributed by atoms with E-state index < -0.39 is 0 Å². The highest BCUT2D eigenvalue weighted by Gasteiger charge is 2.00. The van der Waals surface area contributed by atoms with Crippen LogP contribution in [-0.2, 0) is 20.0 Å². The molecule has 0 amide bonds. The number of thiazole rings is 1.